The van der Waals surface area contributed by atoms with Gasteiger partial charge in [0, 0.05) is 18.6 Å². The van der Waals surface area contributed by atoms with Crippen molar-refractivity contribution in [3.8, 4) is 5.75 Å². The minimum atomic E-state index is -3.90. The Kier molecular flexibility index (Phi) is 6.33. The van der Waals surface area contributed by atoms with Gasteiger partial charge in [0.15, 0.2) is 0 Å². The number of hydrogen-bond donors (Lipinski definition) is 1. The SMILES string of the molecule is CCOc1ccc(NS(=O)(=O)c2ccccc2Br)cc1S(=O)(=O)N(C)C. The second-order valence-electron chi connectivity index (χ2n) is 5.42. The number of halogens is 1. The van der Waals surface area contributed by atoms with E-state index in [0.29, 0.717) is 4.47 Å². The van der Waals surface area contributed by atoms with Gasteiger partial charge in [0.25, 0.3) is 10.0 Å². The summed E-state index contributed by atoms with van der Waals surface area (Å²) in [4.78, 5) is -0.0671. The molecule has 0 amide bonds. The zero-order chi connectivity index (χ0) is 19.5. The van der Waals surface area contributed by atoms with E-state index in [1.54, 1.807) is 25.1 Å². The van der Waals surface area contributed by atoms with Crippen LogP contribution < -0.4 is 9.46 Å². The van der Waals surface area contributed by atoms with Crippen molar-refractivity contribution in [2.75, 3.05) is 25.4 Å². The summed E-state index contributed by atoms with van der Waals surface area (Å²) in [5.41, 5.74) is 0.115. The number of benzene rings is 2. The van der Waals surface area contributed by atoms with Gasteiger partial charge < -0.3 is 4.74 Å². The number of hydrogen-bond acceptors (Lipinski definition) is 5. The fourth-order valence-corrected chi connectivity index (χ4v) is 5.22. The lowest BCUT2D eigenvalue weighted by Gasteiger charge is -2.17. The molecule has 26 heavy (non-hydrogen) atoms. The van der Waals surface area contributed by atoms with Gasteiger partial charge in [0.1, 0.15) is 15.5 Å². The maximum Gasteiger partial charge on any atom is 0.263 e. The number of anilines is 1. The van der Waals surface area contributed by atoms with Crippen molar-refractivity contribution >= 4 is 41.7 Å². The van der Waals surface area contributed by atoms with E-state index in [1.807, 2.05) is 0 Å². The molecule has 0 bridgehead atoms. The second-order valence-corrected chi connectivity index (χ2v) is 10.0. The zero-order valence-corrected chi connectivity index (χ0v) is 17.7. The number of sulfonamides is 2. The molecule has 1 N–H and O–H groups in total. The van der Waals surface area contributed by atoms with Gasteiger partial charge in [-0.25, -0.2) is 21.1 Å². The van der Waals surface area contributed by atoms with Crippen LogP contribution in [0.5, 0.6) is 5.75 Å². The Bertz CT molecular complexity index is 1010. The number of rotatable bonds is 7. The number of ether oxygens (including phenoxy) is 1. The van der Waals surface area contributed by atoms with Crippen molar-refractivity contribution in [3.05, 3.63) is 46.9 Å². The minimum Gasteiger partial charge on any atom is -0.492 e. The van der Waals surface area contributed by atoms with Crippen molar-refractivity contribution in [1.29, 1.82) is 0 Å². The lowest BCUT2D eigenvalue weighted by molar-refractivity contribution is 0.330. The van der Waals surface area contributed by atoms with Crippen molar-refractivity contribution in [2.24, 2.45) is 0 Å². The fraction of sp³-hybridized carbons (Fsp3) is 0.250. The van der Waals surface area contributed by atoms with Gasteiger partial charge in [-0.3, -0.25) is 4.72 Å². The molecule has 0 atom stereocenters. The summed E-state index contributed by atoms with van der Waals surface area (Å²) in [5.74, 6) is 0.157. The molecule has 10 heteroatoms. The highest BCUT2D eigenvalue weighted by Gasteiger charge is 2.24. The molecule has 2 aromatic carbocycles. The quantitative estimate of drug-likeness (QED) is 0.682. The van der Waals surface area contributed by atoms with Crippen LogP contribution in [0, 0.1) is 0 Å². The Morgan fingerprint density at radius 2 is 1.69 bits per heavy atom. The van der Waals surface area contributed by atoms with E-state index in [1.165, 1.54) is 38.4 Å². The average Bonchev–Trinajstić information content (AvgIpc) is 2.56. The second kappa shape index (κ2) is 7.95. The smallest absolute Gasteiger partial charge is 0.263 e. The van der Waals surface area contributed by atoms with Gasteiger partial charge in [-0.2, -0.15) is 0 Å². The standard InChI is InChI=1S/C16H19BrN2O5S2/c1-4-24-14-10-9-12(11-16(14)26(22,23)19(2)3)18-25(20,21)15-8-6-5-7-13(15)17/h5-11,18H,4H2,1-3H3. The molecule has 0 aliphatic rings. The van der Waals surface area contributed by atoms with Crippen molar-refractivity contribution < 1.29 is 21.6 Å². The summed E-state index contributed by atoms with van der Waals surface area (Å²) in [5, 5.41) is 0. The first kappa shape index (κ1) is 20.7. The Balaban J connectivity index is 2.51. The van der Waals surface area contributed by atoms with Crippen LogP contribution in [0.3, 0.4) is 0 Å². The predicted octanol–water partition coefficient (Wildman–Crippen LogP) is 2.90. The molecule has 0 aliphatic carbocycles. The van der Waals surface area contributed by atoms with E-state index in [0.717, 1.165) is 4.31 Å². The van der Waals surface area contributed by atoms with Crippen LogP contribution in [-0.4, -0.2) is 41.8 Å². The van der Waals surface area contributed by atoms with Gasteiger partial charge in [0.2, 0.25) is 10.0 Å². The van der Waals surface area contributed by atoms with E-state index in [4.69, 9.17) is 4.74 Å². The van der Waals surface area contributed by atoms with Gasteiger partial charge >= 0.3 is 0 Å². The Hall–Kier alpha value is -1.62. The summed E-state index contributed by atoms with van der Waals surface area (Å²) in [6.45, 7) is 2.01. The van der Waals surface area contributed by atoms with Crippen LogP contribution >= 0.6 is 15.9 Å². The first-order valence-electron chi connectivity index (χ1n) is 7.56. The van der Waals surface area contributed by atoms with Crippen LogP contribution in [-0.2, 0) is 20.0 Å². The highest BCUT2D eigenvalue weighted by molar-refractivity contribution is 9.10. The third-order valence-electron chi connectivity index (χ3n) is 3.38. The molecule has 0 heterocycles. The number of nitrogens with one attached hydrogen (secondary N) is 1. The Morgan fingerprint density at radius 1 is 1.04 bits per heavy atom. The monoisotopic (exact) mass is 462 g/mol. The number of nitrogens with zero attached hydrogens (tertiary/aromatic N) is 1. The minimum absolute atomic E-state index is 0.0471. The summed E-state index contributed by atoms with van der Waals surface area (Å²) in [6, 6.07) is 10.5. The zero-order valence-electron chi connectivity index (χ0n) is 14.4. The molecule has 0 fully saturated rings. The van der Waals surface area contributed by atoms with E-state index in [9.17, 15) is 16.8 Å². The van der Waals surface area contributed by atoms with Gasteiger partial charge in [0.05, 0.1) is 12.3 Å². The molecular formula is C16H19BrN2O5S2. The highest BCUT2D eigenvalue weighted by Crippen LogP contribution is 2.31. The molecule has 0 aromatic heterocycles. The third kappa shape index (κ3) is 4.37. The molecular weight excluding hydrogens is 444 g/mol. The summed E-state index contributed by atoms with van der Waals surface area (Å²) < 4.78 is 59.5. The maximum absolute atomic E-state index is 12.6. The maximum atomic E-state index is 12.6. The normalized spacial score (nSPS) is 12.2. The molecule has 0 unspecified atom stereocenters. The summed E-state index contributed by atoms with van der Waals surface area (Å²) >= 11 is 3.20. The van der Waals surface area contributed by atoms with Crippen molar-refractivity contribution in [2.45, 2.75) is 16.7 Å². The topological polar surface area (TPSA) is 92.8 Å². The van der Waals surface area contributed by atoms with Crippen LogP contribution in [0.2, 0.25) is 0 Å². The lowest BCUT2D eigenvalue weighted by Crippen LogP contribution is -2.23. The van der Waals surface area contributed by atoms with E-state index >= 15 is 0 Å². The van der Waals surface area contributed by atoms with Crippen LogP contribution in [0.1, 0.15) is 6.92 Å². The van der Waals surface area contributed by atoms with Gasteiger partial charge in [-0.05, 0) is 53.2 Å². The van der Waals surface area contributed by atoms with Crippen LogP contribution in [0.25, 0.3) is 0 Å². The molecule has 0 spiro atoms. The van der Waals surface area contributed by atoms with E-state index in [2.05, 4.69) is 20.7 Å². The molecule has 2 rings (SSSR count). The van der Waals surface area contributed by atoms with Gasteiger partial charge in [-0.1, -0.05) is 12.1 Å². The Morgan fingerprint density at radius 3 is 2.27 bits per heavy atom. The molecule has 0 saturated heterocycles. The summed E-state index contributed by atoms with van der Waals surface area (Å²) in [6.07, 6.45) is 0. The Labute approximate surface area is 162 Å². The highest BCUT2D eigenvalue weighted by atomic mass is 79.9. The van der Waals surface area contributed by atoms with Crippen molar-refractivity contribution in [1.82, 2.24) is 4.31 Å². The summed E-state index contributed by atoms with van der Waals surface area (Å²) in [7, 11) is -4.93. The van der Waals surface area contributed by atoms with Crippen molar-refractivity contribution in [3.63, 3.8) is 0 Å². The lowest BCUT2D eigenvalue weighted by atomic mass is 10.3. The average molecular weight is 463 g/mol. The van der Waals surface area contributed by atoms with Crippen LogP contribution in [0.4, 0.5) is 5.69 Å². The fourth-order valence-electron chi connectivity index (χ4n) is 2.12. The molecule has 2 aromatic rings. The van der Waals surface area contributed by atoms with Gasteiger partial charge in [-0.15, -0.1) is 0 Å². The molecule has 0 aliphatic heterocycles. The van der Waals surface area contributed by atoms with E-state index in [-0.39, 0.29) is 27.8 Å². The van der Waals surface area contributed by atoms with E-state index < -0.39 is 20.0 Å². The first-order valence-corrected chi connectivity index (χ1v) is 11.3. The molecule has 0 saturated carbocycles. The van der Waals surface area contributed by atoms with Crippen LogP contribution in [0.15, 0.2) is 56.7 Å². The molecule has 7 nitrogen and oxygen atoms in total. The third-order valence-corrected chi connectivity index (χ3v) is 7.61. The molecule has 0 radical (unpaired) electrons. The predicted molar refractivity (Wildman–Crippen MR) is 103 cm³/mol. The molecule has 142 valence electrons. The largest absolute Gasteiger partial charge is 0.492 e. The first-order chi connectivity index (χ1) is 12.1.